The molecule has 2 N–H and O–H groups in total. The fourth-order valence-electron chi connectivity index (χ4n) is 2.22. The van der Waals surface area contributed by atoms with Crippen molar-refractivity contribution in [1.82, 2.24) is 5.32 Å². The van der Waals surface area contributed by atoms with E-state index in [9.17, 15) is 5.11 Å². The van der Waals surface area contributed by atoms with Gasteiger partial charge in [0, 0.05) is 6.04 Å². The van der Waals surface area contributed by atoms with Crippen LogP contribution in [0.4, 0.5) is 0 Å². The Morgan fingerprint density at radius 2 is 1.82 bits per heavy atom. The zero-order valence-corrected chi connectivity index (χ0v) is 13.7. The van der Waals surface area contributed by atoms with Crippen LogP contribution in [0.5, 0.6) is 0 Å². The molecule has 0 aliphatic heterocycles. The summed E-state index contributed by atoms with van der Waals surface area (Å²) in [6, 6.07) is 0.204. The van der Waals surface area contributed by atoms with Gasteiger partial charge in [-0.15, -0.1) is 0 Å². The van der Waals surface area contributed by atoms with Crippen LogP contribution in [0.2, 0.25) is 0 Å². The molecule has 0 spiro atoms. The lowest BCUT2D eigenvalue weighted by Gasteiger charge is -2.26. The van der Waals surface area contributed by atoms with Crippen LogP contribution >= 0.6 is 22.6 Å². The predicted molar refractivity (Wildman–Crippen MR) is 79.5 cm³/mol. The number of nitrogens with one attached hydrogen (secondary N) is 1. The molecule has 0 saturated heterocycles. The Bertz CT molecular complexity index is 245. The third-order valence-electron chi connectivity index (χ3n) is 2.91. The number of aliphatic hydroxyl groups is 1. The van der Waals surface area contributed by atoms with Gasteiger partial charge in [-0.3, -0.25) is 5.32 Å². The lowest BCUT2D eigenvalue weighted by atomic mass is 10.1. The van der Waals surface area contributed by atoms with Crippen LogP contribution in [0, 0.1) is 5.92 Å². The molecule has 0 amide bonds. The number of halogens is 1. The first-order valence-corrected chi connectivity index (χ1v) is 7.43. The predicted octanol–water partition coefficient (Wildman–Crippen LogP) is 2.70. The summed E-state index contributed by atoms with van der Waals surface area (Å²) >= 11 is 2.36. The molecule has 1 saturated carbocycles. The topological polar surface area (TPSA) is 41.5 Å². The van der Waals surface area contributed by atoms with E-state index in [1.807, 2.05) is 0 Å². The van der Waals surface area contributed by atoms with Crippen molar-refractivity contribution < 1.29 is 9.84 Å². The number of hydrogen-bond donors (Lipinski definition) is 2. The number of aliphatic hydroxyl groups excluding tert-OH is 1. The van der Waals surface area contributed by atoms with Gasteiger partial charge in [-0.2, -0.15) is 0 Å². The Labute approximate surface area is 119 Å². The highest BCUT2D eigenvalue weighted by Gasteiger charge is 2.35. The molecule has 0 aromatic heterocycles. The maximum absolute atomic E-state index is 10.0. The fraction of sp³-hybridized carbons (Fsp3) is 1.00. The number of hydrogen-bond acceptors (Lipinski definition) is 3. The third-order valence-corrected chi connectivity index (χ3v) is 3.22. The minimum absolute atomic E-state index is 0.0309. The van der Waals surface area contributed by atoms with E-state index in [2.05, 4.69) is 62.5 Å². The quantitative estimate of drug-likeness (QED) is 0.463. The van der Waals surface area contributed by atoms with E-state index in [4.69, 9.17) is 4.74 Å². The second-order valence-corrected chi connectivity index (χ2v) is 9.25. The molecule has 0 heterocycles. The van der Waals surface area contributed by atoms with E-state index in [1.54, 1.807) is 0 Å². The van der Waals surface area contributed by atoms with Crippen LogP contribution in [-0.4, -0.2) is 33.0 Å². The number of rotatable bonds is 4. The zero-order valence-electron chi connectivity index (χ0n) is 11.6. The van der Waals surface area contributed by atoms with Crippen LogP contribution in [0.15, 0.2) is 0 Å². The maximum Gasteiger partial charge on any atom is 0.0697 e. The number of alkyl halides is 1. The summed E-state index contributed by atoms with van der Waals surface area (Å²) in [4.78, 5) is 0. The highest BCUT2D eigenvalue weighted by atomic mass is 127. The molecule has 3 atom stereocenters. The van der Waals surface area contributed by atoms with E-state index in [0.29, 0.717) is 5.92 Å². The summed E-state index contributed by atoms with van der Waals surface area (Å²) in [5.74, 6) is 0.473. The van der Waals surface area contributed by atoms with Crippen molar-refractivity contribution in [2.45, 2.75) is 68.8 Å². The Morgan fingerprint density at radius 1 is 1.24 bits per heavy atom. The van der Waals surface area contributed by atoms with Gasteiger partial charge in [0.25, 0.3) is 0 Å². The van der Waals surface area contributed by atoms with Gasteiger partial charge in [0.15, 0.2) is 0 Å². The molecular formula is C13H26INO2. The third kappa shape index (κ3) is 6.36. The van der Waals surface area contributed by atoms with Crippen molar-refractivity contribution in [2.75, 3.05) is 6.61 Å². The highest BCUT2D eigenvalue weighted by molar-refractivity contribution is 14.1. The van der Waals surface area contributed by atoms with Crippen molar-refractivity contribution in [1.29, 1.82) is 0 Å². The molecule has 1 fully saturated rings. The molecule has 0 aromatic rings. The molecule has 1 aliphatic rings. The van der Waals surface area contributed by atoms with Crippen molar-refractivity contribution in [3.8, 4) is 0 Å². The molecule has 0 bridgehead atoms. The first kappa shape index (κ1) is 15.7. The second kappa shape index (κ2) is 5.72. The number of ether oxygens (including phenoxy) is 1. The van der Waals surface area contributed by atoms with Gasteiger partial charge in [0.1, 0.15) is 0 Å². The molecule has 0 aromatic carbocycles. The van der Waals surface area contributed by atoms with Gasteiger partial charge < -0.3 is 9.84 Å². The van der Waals surface area contributed by atoms with Crippen LogP contribution in [0.25, 0.3) is 0 Å². The summed E-state index contributed by atoms with van der Waals surface area (Å²) in [5.41, 5.74) is -0.0843. The van der Waals surface area contributed by atoms with Gasteiger partial charge >= 0.3 is 0 Å². The SMILES string of the molecule is CC(C)(I)NC1CC(COC(C)(C)C)CC1O. The maximum atomic E-state index is 10.0. The second-order valence-electron chi connectivity index (χ2n) is 6.55. The molecule has 4 heteroatoms. The van der Waals surface area contributed by atoms with Gasteiger partial charge in [-0.25, -0.2) is 0 Å². The van der Waals surface area contributed by atoms with E-state index in [-0.39, 0.29) is 21.3 Å². The Hall–Kier alpha value is 0.610. The first-order chi connectivity index (χ1) is 7.57. The minimum Gasteiger partial charge on any atom is -0.391 e. The monoisotopic (exact) mass is 355 g/mol. The van der Waals surface area contributed by atoms with E-state index in [1.165, 1.54) is 0 Å². The standard InChI is InChI=1S/C13H26INO2/c1-12(2,3)17-8-9-6-10(11(16)7-9)15-13(4,5)14/h9-11,15-16H,6-8H2,1-5H3. The average Bonchev–Trinajstić information content (AvgIpc) is 2.40. The lowest BCUT2D eigenvalue weighted by molar-refractivity contribution is -0.0228. The van der Waals surface area contributed by atoms with E-state index >= 15 is 0 Å². The van der Waals surface area contributed by atoms with Crippen LogP contribution < -0.4 is 5.32 Å². The fourth-order valence-corrected chi connectivity index (χ4v) is 2.62. The molecule has 102 valence electrons. The summed E-state index contributed by atoms with van der Waals surface area (Å²) in [6.07, 6.45) is 1.61. The van der Waals surface area contributed by atoms with E-state index in [0.717, 1.165) is 19.4 Å². The van der Waals surface area contributed by atoms with Crippen LogP contribution in [0.1, 0.15) is 47.5 Å². The smallest absolute Gasteiger partial charge is 0.0697 e. The van der Waals surface area contributed by atoms with Crippen molar-refractivity contribution in [3.05, 3.63) is 0 Å². The first-order valence-electron chi connectivity index (χ1n) is 6.35. The molecule has 3 unspecified atom stereocenters. The largest absolute Gasteiger partial charge is 0.391 e. The minimum atomic E-state index is -0.238. The highest BCUT2D eigenvalue weighted by Crippen LogP contribution is 2.30. The summed E-state index contributed by atoms with van der Waals surface area (Å²) in [7, 11) is 0. The normalized spacial score (nSPS) is 30.9. The summed E-state index contributed by atoms with van der Waals surface area (Å²) < 4.78 is 5.83. The Kier molecular flexibility index (Phi) is 5.27. The average molecular weight is 355 g/mol. The zero-order chi connectivity index (χ0) is 13.3. The molecule has 1 rings (SSSR count). The molecule has 1 aliphatic carbocycles. The van der Waals surface area contributed by atoms with Crippen LogP contribution in [-0.2, 0) is 4.74 Å². The molecule has 3 nitrogen and oxygen atoms in total. The van der Waals surface area contributed by atoms with Gasteiger partial charge in [0.05, 0.1) is 21.9 Å². The van der Waals surface area contributed by atoms with Crippen LogP contribution in [0.3, 0.4) is 0 Å². The Morgan fingerprint density at radius 3 is 2.29 bits per heavy atom. The van der Waals surface area contributed by atoms with Crippen molar-refractivity contribution in [3.63, 3.8) is 0 Å². The summed E-state index contributed by atoms with van der Waals surface area (Å²) in [5, 5.41) is 13.5. The van der Waals surface area contributed by atoms with Crippen molar-refractivity contribution >= 4 is 22.6 Å². The molecule has 17 heavy (non-hydrogen) atoms. The van der Waals surface area contributed by atoms with Crippen molar-refractivity contribution in [2.24, 2.45) is 5.92 Å². The van der Waals surface area contributed by atoms with E-state index < -0.39 is 0 Å². The Balaban J connectivity index is 2.39. The molecular weight excluding hydrogens is 329 g/mol. The van der Waals surface area contributed by atoms with Gasteiger partial charge in [-0.05, 0) is 53.4 Å². The summed E-state index contributed by atoms with van der Waals surface area (Å²) in [6.45, 7) is 11.2. The molecule has 0 radical (unpaired) electrons. The van der Waals surface area contributed by atoms with Gasteiger partial charge in [-0.1, -0.05) is 22.6 Å². The lowest BCUT2D eigenvalue weighted by Crippen LogP contribution is -2.45. The van der Waals surface area contributed by atoms with Gasteiger partial charge in [0.2, 0.25) is 0 Å².